The molecule has 0 amide bonds. The van der Waals surface area contributed by atoms with Gasteiger partial charge in [-0.25, -0.2) is 0 Å². The first kappa shape index (κ1) is 14.1. The van der Waals surface area contributed by atoms with E-state index in [0.29, 0.717) is 0 Å². The summed E-state index contributed by atoms with van der Waals surface area (Å²) in [6.45, 7) is 5.03. The van der Waals surface area contributed by atoms with Crippen LogP contribution in [0, 0.1) is 6.92 Å². The highest BCUT2D eigenvalue weighted by Crippen LogP contribution is 2.39. The number of ether oxygens (including phenoxy) is 1. The molecule has 0 bridgehead atoms. The molecule has 1 aliphatic carbocycles. The maximum absolute atomic E-state index is 6.76. The molecule has 21 heavy (non-hydrogen) atoms. The Balaban J connectivity index is 1.96. The van der Waals surface area contributed by atoms with E-state index in [1.54, 1.807) is 7.11 Å². The predicted molar refractivity (Wildman–Crippen MR) is 83.5 cm³/mol. The lowest BCUT2D eigenvalue weighted by Crippen LogP contribution is -2.37. The number of fused-ring (bicyclic) bond motifs is 1. The average molecular weight is 285 g/mol. The molecule has 2 aromatic rings. The Hall–Kier alpha value is -1.81. The van der Waals surface area contributed by atoms with Gasteiger partial charge in [0.15, 0.2) is 0 Å². The largest absolute Gasteiger partial charge is 0.497 e. The lowest BCUT2D eigenvalue weighted by molar-refractivity contribution is 0.403. The van der Waals surface area contributed by atoms with Crippen molar-refractivity contribution in [1.29, 1.82) is 0 Å². The molecule has 4 heteroatoms. The third kappa shape index (κ3) is 2.44. The lowest BCUT2D eigenvalue weighted by Gasteiger charge is -2.26. The van der Waals surface area contributed by atoms with Crippen LogP contribution < -0.4 is 10.5 Å². The van der Waals surface area contributed by atoms with Crippen LogP contribution in [0.25, 0.3) is 0 Å². The highest BCUT2D eigenvalue weighted by Gasteiger charge is 2.36. The van der Waals surface area contributed by atoms with Crippen molar-refractivity contribution in [1.82, 2.24) is 9.78 Å². The minimum atomic E-state index is -0.316. The number of rotatable bonds is 4. The maximum atomic E-state index is 6.76. The molecular weight excluding hydrogens is 262 g/mol. The van der Waals surface area contributed by atoms with Crippen LogP contribution in [-0.2, 0) is 24.9 Å². The van der Waals surface area contributed by atoms with E-state index in [1.165, 1.54) is 16.8 Å². The van der Waals surface area contributed by atoms with Gasteiger partial charge in [-0.1, -0.05) is 6.07 Å². The fourth-order valence-electron chi connectivity index (χ4n) is 3.38. The Morgan fingerprint density at radius 2 is 2.19 bits per heavy atom. The molecule has 112 valence electrons. The summed E-state index contributed by atoms with van der Waals surface area (Å²) >= 11 is 0. The van der Waals surface area contributed by atoms with E-state index in [-0.39, 0.29) is 5.54 Å². The summed E-state index contributed by atoms with van der Waals surface area (Å²) in [5, 5.41) is 4.53. The predicted octanol–water partition coefficient (Wildman–Crippen LogP) is 2.56. The van der Waals surface area contributed by atoms with Crippen molar-refractivity contribution < 1.29 is 4.74 Å². The van der Waals surface area contributed by atoms with E-state index in [2.05, 4.69) is 34.9 Å². The van der Waals surface area contributed by atoms with Gasteiger partial charge in [0.2, 0.25) is 0 Å². The molecule has 1 aromatic carbocycles. The molecule has 2 N–H and O–H groups in total. The molecule has 4 nitrogen and oxygen atoms in total. The van der Waals surface area contributed by atoms with Gasteiger partial charge in [0.25, 0.3) is 0 Å². The van der Waals surface area contributed by atoms with Crippen molar-refractivity contribution in [2.75, 3.05) is 7.11 Å². The van der Waals surface area contributed by atoms with Gasteiger partial charge < -0.3 is 10.5 Å². The van der Waals surface area contributed by atoms with Crippen LogP contribution in [0.15, 0.2) is 24.3 Å². The van der Waals surface area contributed by atoms with Crippen LogP contribution in [0.5, 0.6) is 5.75 Å². The highest BCUT2D eigenvalue weighted by atomic mass is 16.5. The normalized spacial score (nSPS) is 20.6. The second-order valence-corrected chi connectivity index (χ2v) is 5.95. The number of benzene rings is 1. The molecule has 0 saturated heterocycles. The molecule has 0 fully saturated rings. The molecule has 0 aliphatic heterocycles. The second kappa shape index (κ2) is 5.19. The summed E-state index contributed by atoms with van der Waals surface area (Å²) in [5.41, 5.74) is 11.3. The summed E-state index contributed by atoms with van der Waals surface area (Å²) in [7, 11) is 1.70. The number of methoxy groups -OCH3 is 1. The molecule has 1 heterocycles. The van der Waals surface area contributed by atoms with E-state index in [0.717, 1.165) is 37.3 Å². The van der Waals surface area contributed by atoms with E-state index in [1.807, 2.05) is 13.0 Å². The first-order valence-electron chi connectivity index (χ1n) is 7.55. The van der Waals surface area contributed by atoms with Crippen LogP contribution in [0.3, 0.4) is 0 Å². The van der Waals surface area contributed by atoms with Crippen LogP contribution in [0.2, 0.25) is 0 Å². The zero-order chi connectivity index (χ0) is 15.0. The molecule has 0 saturated carbocycles. The van der Waals surface area contributed by atoms with E-state index < -0.39 is 0 Å². The zero-order valence-electron chi connectivity index (χ0n) is 13.0. The average Bonchev–Trinajstić information content (AvgIpc) is 2.99. The van der Waals surface area contributed by atoms with Crippen LogP contribution in [0.4, 0.5) is 0 Å². The zero-order valence-corrected chi connectivity index (χ0v) is 13.0. The van der Waals surface area contributed by atoms with Gasteiger partial charge in [0, 0.05) is 24.2 Å². The maximum Gasteiger partial charge on any atom is 0.119 e. The van der Waals surface area contributed by atoms with Gasteiger partial charge >= 0.3 is 0 Å². The second-order valence-electron chi connectivity index (χ2n) is 5.95. The Bertz CT molecular complexity index is 662. The van der Waals surface area contributed by atoms with E-state index in [4.69, 9.17) is 10.5 Å². The first-order valence-corrected chi connectivity index (χ1v) is 7.55. The number of aryl methyl sites for hydroxylation is 3. The van der Waals surface area contributed by atoms with Gasteiger partial charge in [0.1, 0.15) is 5.75 Å². The van der Waals surface area contributed by atoms with Gasteiger partial charge in [0.05, 0.1) is 12.8 Å². The number of nitrogens with zero attached hydrogens (tertiary/aromatic N) is 2. The monoisotopic (exact) mass is 285 g/mol. The first-order chi connectivity index (χ1) is 10.1. The Labute approximate surface area is 125 Å². The molecule has 1 unspecified atom stereocenters. The summed E-state index contributed by atoms with van der Waals surface area (Å²) < 4.78 is 7.42. The topological polar surface area (TPSA) is 53.1 Å². The summed E-state index contributed by atoms with van der Waals surface area (Å²) in [5.74, 6) is 0.880. The standard InChI is InChI=1S/C17H23N3O/c1-4-20-14(9-12(2)19-20)11-17(18)8-7-13-5-6-15(21-3)10-16(13)17/h5-6,9-10H,4,7-8,11,18H2,1-3H3. The Kier molecular flexibility index (Phi) is 3.49. The van der Waals surface area contributed by atoms with Gasteiger partial charge in [-0.2, -0.15) is 5.10 Å². The van der Waals surface area contributed by atoms with E-state index in [9.17, 15) is 0 Å². The molecule has 0 spiro atoms. The SMILES string of the molecule is CCn1nc(C)cc1CC1(N)CCc2ccc(OC)cc21. The van der Waals surface area contributed by atoms with Crippen LogP contribution >= 0.6 is 0 Å². The van der Waals surface area contributed by atoms with Gasteiger partial charge in [-0.05, 0) is 56.0 Å². The lowest BCUT2D eigenvalue weighted by atomic mass is 9.88. The minimum absolute atomic E-state index is 0.316. The fraction of sp³-hybridized carbons (Fsp3) is 0.471. The van der Waals surface area contributed by atoms with Crippen molar-refractivity contribution in [3.8, 4) is 5.75 Å². The third-order valence-corrected chi connectivity index (χ3v) is 4.48. The van der Waals surface area contributed by atoms with Crippen LogP contribution in [-0.4, -0.2) is 16.9 Å². The molecule has 1 aromatic heterocycles. The molecule has 0 radical (unpaired) electrons. The smallest absolute Gasteiger partial charge is 0.119 e. The summed E-state index contributed by atoms with van der Waals surface area (Å²) in [6, 6.07) is 8.41. The van der Waals surface area contributed by atoms with Crippen molar-refractivity contribution in [3.05, 3.63) is 46.8 Å². The third-order valence-electron chi connectivity index (χ3n) is 4.48. The Morgan fingerprint density at radius 3 is 2.90 bits per heavy atom. The number of aromatic nitrogens is 2. The van der Waals surface area contributed by atoms with Crippen LogP contribution in [0.1, 0.15) is 35.9 Å². The molecule has 1 atom stereocenters. The minimum Gasteiger partial charge on any atom is -0.497 e. The molecule has 3 rings (SSSR count). The van der Waals surface area contributed by atoms with E-state index >= 15 is 0 Å². The summed E-state index contributed by atoms with van der Waals surface area (Å²) in [6.07, 6.45) is 2.83. The number of nitrogens with two attached hydrogens (primary N) is 1. The van der Waals surface area contributed by atoms with Gasteiger partial charge in [-0.15, -0.1) is 0 Å². The van der Waals surface area contributed by atoms with Crippen molar-refractivity contribution in [2.24, 2.45) is 5.73 Å². The quantitative estimate of drug-likeness (QED) is 0.939. The van der Waals surface area contributed by atoms with Gasteiger partial charge in [-0.3, -0.25) is 4.68 Å². The Morgan fingerprint density at radius 1 is 1.38 bits per heavy atom. The molecular formula is C17H23N3O. The summed E-state index contributed by atoms with van der Waals surface area (Å²) in [4.78, 5) is 0. The molecule has 1 aliphatic rings. The number of hydrogen-bond donors (Lipinski definition) is 1. The highest BCUT2D eigenvalue weighted by molar-refractivity contribution is 5.44. The van der Waals surface area contributed by atoms with Crippen molar-refractivity contribution in [3.63, 3.8) is 0 Å². The number of hydrogen-bond acceptors (Lipinski definition) is 3. The van der Waals surface area contributed by atoms with Crippen molar-refractivity contribution in [2.45, 2.75) is 45.2 Å². The van der Waals surface area contributed by atoms with Crippen molar-refractivity contribution >= 4 is 0 Å². The fourth-order valence-corrected chi connectivity index (χ4v) is 3.38.